The fourth-order valence-electron chi connectivity index (χ4n) is 2.42. The van der Waals surface area contributed by atoms with Gasteiger partial charge in [0.2, 0.25) is 0 Å². The van der Waals surface area contributed by atoms with Gasteiger partial charge in [0.25, 0.3) is 0 Å². The quantitative estimate of drug-likeness (QED) is 0.715. The zero-order valence-corrected chi connectivity index (χ0v) is 11.5. The third kappa shape index (κ3) is 1.75. The molecule has 1 aliphatic heterocycles. The molecule has 1 aliphatic rings. The summed E-state index contributed by atoms with van der Waals surface area (Å²) in [6.07, 6.45) is 3.48. The Bertz CT molecular complexity index is 712. The first-order valence-corrected chi connectivity index (χ1v) is 7.25. The van der Waals surface area contributed by atoms with Gasteiger partial charge in [-0.15, -0.1) is 11.3 Å². The van der Waals surface area contributed by atoms with Crippen molar-refractivity contribution in [1.82, 2.24) is 9.97 Å². The van der Waals surface area contributed by atoms with Crippen LogP contribution in [0.15, 0.2) is 60.4 Å². The van der Waals surface area contributed by atoms with Gasteiger partial charge in [0.1, 0.15) is 18.7 Å². The maximum atomic E-state index is 4.45. The molecule has 20 heavy (non-hydrogen) atoms. The molecular weight excluding hydrogens is 268 g/mol. The fraction of sp³-hybridized carbons (Fsp3) is 0.0667. The molecule has 0 N–H and O–H groups in total. The van der Waals surface area contributed by atoms with E-state index in [4.69, 9.17) is 0 Å². The van der Waals surface area contributed by atoms with Gasteiger partial charge in [-0.25, -0.2) is 9.97 Å². The zero-order chi connectivity index (χ0) is 13.4. The van der Waals surface area contributed by atoms with Gasteiger partial charge >= 0.3 is 0 Å². The Kier molecular flexibility index (Phi) is 2.63. The zero-order valence-electron chi connectivity index (χ0n) is 10.7. The van der Waals surface area contributed by atoms with Crippen molar-refractivity contribution in [3.63, 3.8) is 0 Å². The van der Waals surface area contributed by atoms with Gasteiger partial charge in [-0.3, -0.25) is 4.90 Å². The molecule has 0 unspecified atom stereocenters. The van der Waals surface area contributed by atoms with E-state index in [0.717, 1.165) is 23.9 Å². The Balaban J connectivity index is 1.81. The largest absolute Gasteiger partial charge is 0.318 e. The third-order valence-electron chi connectivity index (χ3n) is 3.34. The molecule has 4 nitrogen and oxygen atoms in total. The molecule has 2 aromatic heterocycles. The van der Waals surface area contributed by atoms with Crippen molar-refractivity contribution in [2.24, 2.45) is 0 Å². The predicted molar refractivity (Wildman–Crippen MR) is 81.9 cm³/mol. The van der Waals surface area contributed by atoms with Crippen LogP contribution in [0.5, 0.6) is 0 Å². The molecule has 0 aliphatic carbocycles. The molecule has 3 heterocycles. The maximum Gasteiger partial charge on any atom is 0.162 e. The number of aromatic nitrogens is 2. The summed E-state index contributed by atoms with van der Waals surface area (Å²) in [5.41, 5.74) is 2.20. The average Bonchev–Trinajstić information content (AvgIpc) is 3.15. The van der Waals surface area contributed by atoms with Gasteiger partial charge in [-0.1, -0.05) is 18.2 Å². The van der Waals surface area contributed by atoms with E-state index in [1.54, 1.807) is 17.7 Å². The lowest BCUT2D eigenvalue weighted by Gasteiger charge is -2.20. The van der Waals surface area contributed by atoms with Crippen molar-refractivity contribution < 1.29 is 0 Å². The lowest BCUT2D eigenvalue weighted by Crippen LogP contribution is -2.23. The van der Waals surface area contributed by atoms with E-state index in [1.165, 1.54) is 5.00 Å². The topological polar surface area (TPSA) is 32.3 Å². The van der Waals surface area contributed by atoms with Crippen LogP contribution < -0.4 is 9.80 Å². The summed E-state index contributed by atoms with van der Waals surface area (Å²) < 4.78 is 0. The van der Waals surface area contributed by atoms with Crippen LogP contribution in [0.2, 0.25) is 0 Å². The van der Waals surface area contributed by atoms with Crippen LogP contribution in [0.1, 0.15) is 0 Å². The summed E-state index contributed by atoms with van der Waals surface area (Å²) in [5, 5.41) is 3.28. The van der Waals surface area contributed by atoms with Crippen LogP contribution in [0.4, 0.5) is 22.2 Å². The van der Waals surface area contributed by atoms with Gasteiger partial charge in [0.15, 0.2) is 5.82 Å². The minimum absolute atomic E-state index is 0.762. The van der Waals surface area contributed by atoms with Crippen LogP contribution in [-0.4, -0.2) is 16.6 Å². The van der Waals surface area contributed by atoms with E-state index in [2.05, 4.69) is 49.4 Å². The molecule has 1 aromatic carbocycles. The van der Waals surface area contributed by atoms with Crippen LogP contribution in [0.3, 0.4) is 0 Å². The molecule has 0 saturated heterocycles. The van der Waals surface area contributed by atoms with Gasteiger partial charge in [0, 0.05) is 5.69 Å². The number of fused-ring (bicyclic) bond motifs is 1. The number of benzene rings is 1. The number of para-hydroxylation sites is 1. The number of nitrogens with zero attached hydrogens (tertiary/aromatic N) is 4. The lowest BCUT2D eigenvalue weighted by molar-refractivity contribution is 0.991. The normalized spacial score (nSPS) is 13.6. The minimum Gasteiger partial charge on any atom is -0.318 e. The Morgan fingerprint density at radius 1 is 1.00 bits per heavy atom. The molecule has 0 atom stereocenters. The lowest BCUT2D eigenvalue weighted by atomic mass is 10.3. The second-order valence-electron chi connectivity index (χ2n) is 4.52. The van der Waals surface area contributed by atoms with Gasteiger partial charge < -0.3 is 4.90 Å². The summed E-state index contributed by atoms with van der Waals surface area (Å²) in [4.78, 5) is 13.1. The van der Waals surface area contributed by atoms with Crippen LogP contribution >= 0.6 is 11.3 Å². The average molecular weight is 280 g/mol. The van der Waals surface area contributed by atoms with Gasteiger partial charge in [-0.2, -0.15) is 0 Å². The maximum absolute atomic E-state index is 4.45. The molecule has 0 saturated carbocycles. The van der Waals surface area contributed by atoms with E-state index in [0.29, 0.717) is 0 Å². The molecule has 0 fully saturated rings. The van der Waals surface area contributed by atoms with Crippen molar-refractivity contribution in [3.05, 3.63) is 60.4 Å². The van der Waals surface area contributed by atoms with E-state index in [9.17, 15) is 0 Å². The molecule has 0 bridgehead atoms. The van der Waals surface area contributed by atoms with E-state index in [1.807, 2.05) is 24.4 Å². The van der Waals surface area contributed by atoms with E-state index in [-0.39, 0.29) is 0 Å². The van der Waals surface area contributed by atoms with Crippen molar-refractivity contribution in [2.75, 3.05) is 16.5 Å². The highest BCUT2D eigenvalue weighted by molar-refractivity contribution is 7.14. The molecular formula is C15H12N4S. The molecule has 0 radical (unpaired) electrons. The van der Waals surface area contributed by atoms with Crippen LogP contribution in [-0.2, 0) is 0 Å². The number of hydrogen-bond donors (Lipinski definition) is 0. The Hall–Kier alpha value is -2.40. The summed E-state index contributed by atoms with van der Waals surface area (Å²) >= 11 is 1.72. The summed E-state index contributed by atoms with van der Waals surface area (Å²) in [5.74, 6) is 0.964. The molecule has 5 heteroatoms. The highest BCUT2D eigenvalue weighted by Crippen LogP contribution is 2.43. The first-order valence-electron chi connectivity index (χ1n) is 6.37. The van der Waals surface area contributed by atoms with Crippen molar-refractivity contribution in [1.29, 1.82) is 0 Å². The first-order chi connectivity index (χ1) is 9.93. The molecule has 3 aromatic rings. The third-order valence-corrected chi connectivity index (χ3v) is 4.23. The number of rotatable bonds is 2. The highest BCUT2D eigenvalue weighted by atomic mass is 32.1. The Labute approximate surface area is 121 Å². The summed E-state index contributed by atoms with van der Waals surface area (Å²) in [6, 6.07) is 14.5. The van der Waals surface area contributed by atoms with Crippen molar-refractivity contribution >= 4 is 33.5 Å². The summed E-state index contributed by atoms with van der Waals surface area (Å²) in [7, 11) is 0. The molecule has 4 rings (SSSR count). The van der Waals surface area contributed by atoms with Crippen molar-refractivity contribution in [2.45, 2.75) is 0 Å². The molecule has 0 spiro atoms. The van der Waals surface area contributed by atoms with E-state index < -0.39 is 0 Å². The van der Waals surface area contributed by atoms with E-state index >= 15 is 0 Å². The first kappa shape index (κ1) is 11.4. The second-order valence-corrected chi connectivity index (χ2v) is 5.44. The highest BCUT2D eigenvalue weighted by Gasteiger charge is 2.29. The predicted octanol–water partition coefficient (Wildman–Crippen LogP) is 3.79. The van der Waals surface area contributed by atoms with Crippen LogP contribution in [0, 0.1) is 0 Å². The second kappa shape index (κ2) is 4.61. The number of anilines is 4. The summed E-state index contributed by atoms with van der Waals surface area (Å²) in [6.45, 7) is 0.762. The minimum atomic E-state index is 0.762. The molecule has 98 valence electrons. The monoisotopic (exact) mass is 280 g/mol. The van der Waals surface area contributed by atoms with Gasteiger partial charge in [0.05, 0.1) is 11.2 Å². The number of hydrogen-bond acceptors (Lipinski definition) is 5. The Morgan fingerprint density at radius 2 is 1.90 bits per heavy atom. The van der Waals surface area contributed by atoms with Gasteiger partial charge in [-0.05, 0) is 29.6 Å². The number of thiophene rings is 1. The Morgan fingerprint density at radius 3 is 2.70 bits per heavy atom. The fourth-order valence-corrected chi connectivity index (χ4v) is 3.15. The van der Waals surface area contributed by atoms with Crippen LogP contribution in [0.25, 0.3) is 0 Å². The van der Waals surface area contributed by atoms with Crippen molar-refractivity contribution in [3.8, 4) is 0 Å². The molecule has 0 amide bonds. The standard InChI is InChI=1S/C15H12N4S/c1-2-5-12(6-3-1)18-11-19(14-7-4-8-20-14)15-13(18)9-16-10-17-15/h1-10H,11H2. The smallest absolute Gasteiger partial charge is 0.162 e. The SMILES string of the molecule is c1ccc(N2CN(c3cccs3)c3ncncc32)cc1.